The molecule has 0 aliphatic carbocycles. The van der Waals surface area contributed by atoms with Gasteiger partial charge < -0.3 is 15.1 Å². The van der Waals surface area contributed by atoms with E-state index in [0.717, 1.165) is 0 Å². The standard InChI is InChI=1S/C6H12ClNO2/c1-8-2-4(7)6(10)5(9)3-8/h4-6,9-10H,2-3H2,1H3. The van der Waals surface area contributed by atoms with Gasteiger partial charge in [-0.3, -0.25) is 0 Å². The third-order valence-corrected chi connectivity index (χ3v) is 2.15. The first-order valence-corrected chi connectivity index (χ1v) is 3.73. The number of likely N-dealkylation sites (tertiary alicyclic amines) is 1. The molecule has 3 unspecified atom stereocenters. The molecule has 0 aromatic carbocycles. The van der Waals surface area contributed by atoms with E-state index in [0.29, 0.717) is 13.1 Å². The van der Waals surface area contributed by atoms with Crippen LogP contribution in [0.3, 0.4) is 0 Å². The molecule has 1 rings (SSSR count). The zero-order valence-corrected chi connectivity index (χ0v) is 6.62. The lowest BCUT2D eigenvalue weighted by Gasteiger charge is -2.34. The first-order chi connectivity index (χ1) is 4.61. The highest BCUT2D eigenvalue weighted by Crippen LogP contribution is 2.14. The van der Waals surface area contributed by atoms with E-state index >= 15 is 0 Å². The minimum atomic E-state index is -0.766. The number of alkyl halides is 1. The highest BCUT2D eigenvalue weighted by molar-refractivity contribution is 6.21. The van der Waals surface area contributed by atoms with Crippen LogP contribution >= 0.6 is 11.6 Å². The Morgan fingerprint density at radius 2 is 2.00 bits per heavy atom. The Morgan fingerprint density at radius 1 is 1.40 bits per heavy atom. The van der Waals surface area contributed by atoms with Crippen molar-refractivity contribution in [3.8, 4) is 0 Å². The summed E-state index contributed by atoms with van der Waals surface area (Å²) < 4.78 is 0. The minimum absolute atomic E-state index is 0.339. The Bertz CT molecular complexity index is 110. The maximum absolute atomic E-state index is 9.16. The van der Waals surface area contributed by atoms with E-state index in [-0.39, 0.29) is 5.38 Å². The summed E-state index contributed by atoms with van der Waals surface area (Å²) in [4.78, 5) is 1.90. The maximum Gasteiger partial charge on any atom is 0.0987 e. The van der Waals surface area contributed by atoms with Crippen LogP contribution in [0.25, 0.3) is 0 Å². The normalized spacial score (nSPS) is 43.8. The summed E-state index contributed by atoms with van der Waals surface area (Å²) in [5.74, 6) is 0. The maximum atomic E-state index is 9.16. The van der Waals surface area contributed by atoms with Crippen LogP contribution in [0.2, 0.25) is 0 Å². The molecule has 0 saturated carbocycles. The fraction of sp³-hybridized carbons (Fsp3) is 1.00. The number of rotatable bonds is 0. The third-order valence-electron chi connectivity index (χ3n) is 1.75. The van der Waals surface area contributed by atoms with Gasteiger partial charge in [0.2, 0.25) is 0 Å². The van der Waals surface area contributed by atoms with Crippen LogP contribution in [-0.2, 0) is 0 Å². The first-order valence-electron chi connectivity index (χ1n) is 3.30. The van der Waals surface area contributed by atoms with Crippen LogP contribution in [0.15, 0.2) is 0 Å². The van der Waals surface area contributed by atoms with Crippen molar-refractivity contribution in [2.24, 2.45) is 0 Å². The Balaban J connectivity index is 2.49. The summed E-state index contributed by atoms with van der Waals surface area (Å²) in [7, 11) is 1.87. The van der Waals surface area contributed by atoms with Crippen molar-refractivity contribution in [3.05, 3.63) is 0 Å². The van der Waals surface area contributed by atoms with Crippen molar-refractivity contribution >= 4 is 11.6 Å². The van der Waals surface area contributed by atoms with Gasteiger partial charge in [-0.05, 0) is 7.05 Å². The average Bonchev–Trinajstić information content (AvgIpc) is 1.82. The lowest BCUT2D eigenvalue weighted by Crippen LogP contribution is -2.51. The molecule has 1 aliphatic heterocycles. The van der Waals surface area contributed by atoms with Gasteiger partial charge in [-0.1, -0.05) is 0 Å². The third kappa shape index (κ3) is 1.61. The molecule has 3 nitrogen and oxygen atoms in total. The molecule has 0 spiro atoms. The average molecular weight is 166 g/mol. The first kappa shape index (κ1) is 8.27. The second-order valence-corrected chi connectivity index (χ2v) is 3.36. The van der Waals surface area contributed by atoms with Gasteiger partial charge in [-0.15, -0.1) is 11.6 Å². The molecule has 1 heterocycles. The predicted octanol–water partition coefficient (Wildman–Crippen LogP) is -0.739. The van der Waals surface area contributed by atoms with Gasteiger partial charge in [0.1, 0.15) is 0 Å². The van der Waals surface area contributed by atoms with Crippen LogP contribution in [0.5, 0.6) is 0 Å². The molecule has 0 bridgehead atoms. The lowest BCUT2D eigenvalue weighted by atomic mass is 10.1. The van der Waals surface area contributed by atoms with Crippen molar-refractivity contribution in [2.75, 3.05) is 20.1 Å². The van der Waals surface area contributed by atoms with Gasteiger partial charge in [0.25, 0.3) is 0 Å². The zero-order chi connectivity index (χ0) is 7.72. The SMILES string of the molecule is CN1CC(O)C(O)C(Cl)C1. The molecular formula is C6H12ClNO2. The van der Waals surface area contributed by atoms with Crippen LogP contribution in [0.1, 0.15) is 0 Å². The number of aliphatic hydroxyl groups is 2. The summed E-state index contributed by atoms with van der Waals surface area (Å²) >= 11 is 5.71. The number of hydrogen-bond donors (Lipinski definition) is 2. The molecule has 10 heavy (non-hydrogen) atoms. The molecular weight excluding hydrogens is 154 g/mol. The molecule has 0 radical (unpaired) electrons. The van der Waals surface area contributed by atoms with Crippen molar-refractivity contribution in [1.29, 1.82) is 0 Å². The quantitative estimate of drug-likeness (QED) is 0.465. The van der Waals surface area contributed by atoms with Crippen molar-refractivity contribution < 1.29 is 10.2 Å². The van der Waals surface area contributed by atoms with E-state index in [2.05, 4.69) is 0 Å². The molecule has 0 aromatic heterocycles. The van der Waals surface area contributed by atoms with Crippen molar-refractivity contribution in [2.45, 2.75) is 17.6 Å². The molecule has 2 N–H and O–H groups in total. The molecule has 3 atom stereocenters. The minimum Gasteiger partial charge on any atom is -0.389 e. The Kier molecular flexibility index (Phi) is 2.52. The molecule has 0 aromatic rings. The number of aliphatic hydroxyl groups excluding tert-OH is 2. The van der Waals surface area contributed by atoms with Crippen molar-refractivity contribution in [3.63, 3.8) is 0 Å². The van der Waals surface area contributed by atoms with Crippen LogP contribution in [0.4, 0.5) is 0 Å². The second kappa shape index (κ2) is 3.05. The highest BCUT2D eigenvalue weighted by atomic mass is 35.5. The van der Waals surface area contributed by atoms with E-state index in [4.69, 9.17) is 21.8 Å². The van der Waals surface area contributed by atoms with Gasteiger partial charge in [0.05, 0.1) is 17.6 Å². The summed E-state index contributed by atoms with van der Waals surface area (Å²) in [6.45, 7) is 1.14. The van der Waals surface area contributed by atoms with Gasteiger partial charge >= 0.3 is 0 Å². The fourth-order valence-corrected chi connectivity index (χ4v) is 1.55. The van der Waals surface area contributed by atoms with Crippen LogP contribution in [0, 0.1) is 0 Å². The summed E-state index contributed by atoms with van der Waals surface area (Å²) in [6.07, 6.45) is -1.46. The van der Waals surface area contributed by atoms with Gasteiger partial charge in [0.15, 0.2) is 0 Å². The summed E-state index contributed by atoms with van der Waals surface area (Å²) in [6, 6.07) is 0. The number of likely N-dealkylation sites (N-methyl/N-ethyl adjacent to an activating group) is 1. The molecule has 1 fully saturated rings. The Morgan fingerprint density at radius 3 is 2.50 bits per heavy atom. The smallest absolute Gasteiger partial charge is 0.0987 e. The summed E-state index contributed by atoms with van der Waals surface area (Å²) in [5.41, 5.74) is 0. The second-order valence-electron chi connectivity index (χ2n) is 2.80. The molecule has 4 heteroatoms. The van der Waals surface area contributed by atoms with E-state index < -0.39 is 12.2 Å². The van der Waals surface area contributed by atoms with Gasteiger partial charge in [-0.2, -0.15) is 0 Å². The van der Waals surface area contributed by atoms with Gasteiger partial charge in [0, 0.05) is 13.1 Å². The highest BCUT2D eigenvalue weighted by Gasteiger charge is 2.31. The Hall–Kier alpha value is 0.170. The fourth-order valence-electron chi connectivity index (χ4n) is 1.15. The van der Waals surface area contributed by atoms with E-state index in [1.807, 2.05) is 11.9 Å². The Labute approximate surface area is 65.2 Å². The van der Waals surface area contributed by atoms with E-state index in [1.165, 1.54) is 0 Å². The topological polar surface area (TPSA) is 43.7 Å². The molecule has 1 saturated heterocycles. The van der Waals surface area contributed by atoms with Crippen molar-refractivity contribution in [1.82, 2.24) is 4.90 Å². The number of hydrogen-bond acceptors (Lipinski definition) is 3. The number of β-amino-alcohol motifs (C(OH)–C–C–N with tert-alkyl or cyclic N) is 1. The monoisotopic (exact) mass is 165 g/mol. The molecule has 0 amide bonds. The zero-order valence-electron chi connectivity index (χ0n) is 5.87. The van der Waals surface area contributed by atoms with Crippen LogP contribution < -0.4 is 0 Å². The number of halogens is 1. The molecule has 1 aliphatic rings. The van der Waals surface area contributed by atoms with Gasteiger partial charge in [-0.25, -0.2) is 0 Å². The lowest BCUT2D eigenvalue weighted by molar-refractivity contribution is -0.0288. The predicted molar refractivity (Wildman–Crippen MR) is 39.2 cm³/mol. The largest absolute Gasteiger partial charge is 0.389 e. The molecule has 60 valence electrons. The summed E-state index contributed by atoms with van der Waals surface area (Å²) in [5, 5.41) is 18.0. The van der Waals surface area contributed by atoms with Crippen LogP contribution in [-0.4, -0.2) is 52.8 Å². The van der Waals surface area contributed by atoms with E-state index in [1.54, 1.807) is 0 Å². The number of piperidine rings is 1. The number of nitrogens with zero attached hydrogens (tertiary/aromatic N) is 1. The van der Waals surface area contributed by atoms with E-state index in [9.17, 15) is 0 Å².